The zero-order chi connectivity index (χ0) is 8.97. The second-order valence-electron chi connectivity index (χ2n) is 2.30. The first-order valence-electron chi connectivity index (χ1n) is 3.39. The predicted molar refractivity (Wildman–Crippen MR) is 41.8 cm³/mol. The molecule has 0 aliphatic heterocycles. The van der Waals surface area contributed by atoms with Crippen LogP contribution in [0.2, 0.25) is 0 Å². The van der Waals surface area contributed by atoms with Gasteiger partial charge in [-0.15, -0.1) is 0 Å². The van der Waals surface area contributed by atoms with Crippen LogP contribution in [0.15, 0.2) is 23.4 Å². The standard InChI is InChI=1S/C7H7FN4/c1-5(11-12-9)6-2-3-7(8)10-4-6/h2-5H,1H3. The molecule has 62 valence electrons. The number of hydrogen-bond acceptors (Lipinski definition) is 2. The van der Waals surface area contributed by atoms with Crippen LogP contribution in [0.1, 0.15) is 18.5 Å². The lowest BCUT2D eigenvalue weighted by atomic mass is 10.2. The van der Waals surface area contributed by atoms with Crippen LogP contribution in [0.25, 0.3) is 10.4 Å². The molecule has 0 aliphatic rings. The maximum absolute atomic E-state index is 12.3. The monoisotopic (exact) mass is 166 g/mol. The molecule has 0 aliphatic carbocycles. The van der Waals surface area contributed by atoms with Crippen LogP contribution >= 0.6 is 0 Å². The van der Waals surface area contributed by atoms with Gasteiger partial charge in [-0.2, -0.15) is 4.39 Å². The minimum Gasteiger partial charge on any atom is -0.228 e. The van der Waals surface area contributed by atoms with Gasteiger partial charge in [0.2, 0.25) is 5.95 Å². The van der Waals surface area contributed by atoms with Crippen molar-refractivity contribution in [3.63, 3.8) is 0 Å². The van der Waals surface area contributed by atoms with Crippen molar-refractivity contribution in [3.05, 3.63) is 40.3 Å². The van der Waals surface area contributed by atoms with Crippen LogP contribution in [0.3, 0.4) is 0 Å². The van der Waals surface area contributed by atoms with Crippen molar-refractivity contribution in [2.75, 3.05) is 0 Å². The highest BCUT2D eigenvalue weighted by atomic mass is 19.1. The van der Waals surface area contributed by atoms with E-state index in [9.17, 15) is 4.39 Å². The summed E-state index contributed by atoms with van der Waals surface area (Å²) in [7, 11) is 0. The van der Waals surface area contributed by atoms with Gasteiger partial charge in [0.1, 0.15) is 0 Å². The van der Waals surface area contributed by atoms with E-state index in [1.54, 1.807) is 13.0 Å². The average Bonchev–Trinajstić information content (AvgIpc) is 2.06. The minimum absolute atomic E-state index is 0.303. The van der Waals surface area contributed by atoms with Gasteiger partial charge in [-0.05, 0) is 17.2 Å². The van der Waals surface area contributed by atoms with Gasteiger partial charge in [0, 0.05) is 11.1 Å². The molecule has 4 nitrogen and oxygen atoms in total. The molecule has 1 aromatic heterocycles. The van der Waals surface area contributed by atoms with E-state index in [4.69, 9.17) is 5.53 Å². The fourth-order valence-electron chi connectivity index (χ4n) is 0.779. The van der Waals surface area contributed by atoms with Crippen molar-refractivity contribution in [2.45, 2.75) is 13.0 Å². The zero-order valence-corrected chi connectivity index (χ0v) is 6.48. The minimum atomic E-state index is -0.535. The quantitative estimate of drug-likeness (QED) is 0.288. The fourth-order valence-corrected chi connectivity index (χ4v) is 0.779. The van der Waals surface area contributed by atoms with Gasteiger partial charge in [-0.3, -0.25) is 0 Å². The van der Waals surface area contributed by atoms with Crippen LogP contribution < -0.4 is 0 Å². The van der Waals surface area contributed by atoms with Crippen molar-refractivity contribution in [1.29, 1.82) is 0 Å². The second-order valence-corrected chi connectivity index (χ2v) is 2.30. The Bertz CT molecular complexity index is 302. The average molecular weight is 166 g/mol. The number of hydrogen-bond donors (Lipinski definition) is 0. The molecule has 0 saturated heterocycles. The maximum Gasteiger partial charge on any atom is 0.212 e. The summed E-state index contributed by atoms with van der Waals surface area (Å²) >= 11 is 0. The molecule has 0 spiro atoms. The van der Waals surface area contributed by atoms with Gasteiger partial charge in [0.05, 0.1) is 6.04 Å². The Morgan fingerprint density at radius 3 is 2.92 bits per heavy atom. The number of pyridine rings is 1. The molecule has 0 saturated carbocycles. The first-order valence-corrected chi connectivity index (χ1v) is 3.39. The third-order valence-electron chi connectivity index (χ3n) is 1.46. The molecule has 0 aromatic carbocycles. The van der Waals surface area contributed by atoms with Gasteiger partial charge in [0.25, 0.3) is 0 Å². The van der Waals surface area contributed by atoms with Gasteiger partial charge < -0.3 is 0 Å². The van der Waals surface area contributed by atoms with E-state index in [1.165, 1.54) is 12.3 Å². The molecule has 1 unspecified atom stereocenters. The molecule has 1 rings (SSSR count). The van der Waals surface area contributed by atoms with Gasteiger partial charge in [-0.25, -0.2) is 4.98 Å². The van der Waals surface area contributed by atoms with E-state index in [-0.39, 0.29) is 6.04 Å². The summed E-state index contributed by atoms with van der Waals surface area (Å²) in [6.45, 7) is 1.72. The Kier molecular flexibility index (Phi) is 2.61. The third kappa shape index (κ3) is 1.93. The SMILES string of the molecule is CC(N=[N+]=[N-])c1ccc(F)nc1. The smallest absolute Gasteiger partial charge is 0.212 e. The normalized spacial score (nSPS) is 11.8. The number of nitrogens with zero attached hydrogens (tertiary/aromatic N) is 4. The van der Waals surface area contributed by atoms with Crippen LogP contribution in [0.4, 0.5) is 4.39 Å². The third-order valence-corrected chi connectivity index (χ3v) is 1.46. The van der Waals surface area contributed by atoms with Gasteiger partial charge >= 0.3 is 0 Å². The molecule has 0 fully saturated rings. The Labute approximate surface area is 68.7 Å². The molecule has 1 atom stereocenters. The van der Waals surface area contributed by atoms with Crippen molar-refractivity contribution < 1.29 is 4.39 Å². The highest BCUT2D eigenvalue weighted by Gasteiger charge is 2.02. The highest BCUT2D eigenvalue weighted by Crippen LogP contribution is 2.14. The molecule has 5 heteroatoms. The van der Waals surface area contributed by atoms with E-state index >= 15 is 0 Å². The summed E-state index contributed by atoms with van der Waals surface area (Å²) in [5.74, 6) is -0.535. The number of azide groups is 1. The first kappa shape index (κ1) is 8.49. The molecule has 1 aromatic rings. The summed E-state index contributed by atoms with van der Waals surface area (Å²) in [6.07, 6.45) is 1.36. The summed E-state index contributed by atoms with van der Waals surface area (Å²) in [4.78, 5) is 6.07. The largest absolute Gasteiger partial charge is 0.228 e. The lowest BCUT2D eigenvalue weighted by Gasteiger charge is -2.01. The molecule has 0 radical (unpaired) electrons. The van der Waals surface area contributed by atoms with Crippen LogP contribution in [0, 0.1) is 5.95 Å². The van der Waals surface area contributed by atoms with E-state index in [0.29, 0.717) is 5.56 Å². The van der Waals surface area contributed by atoms with Crippen LogP contribution in [-0.4, -0.2) is 4.98 Å². The topological polar surface area (TPSA) is 61.7 Å². The summed E-state index contributed by atoms with van der Waals surface area (Å²) in [5, 5.41) is 3.44. The van der Waals surface area contributed by atoms with Gasteiger partial charge in [-0.1, -0.05) is 18.1 Å². The Hall–Kier alpha value is -1.61. The highest BCUT2D eigenvalue weighted by molar-refractivity contribution is 5.13. The van der Waals surface area contributed by atoms with E-state index in [0.717, 1.165) is 0 Å². The Morgan fingerprint density at radius 2 is 2.42 bits per heavy atom. The van der Waals surface area contributed by atoms with Gasteiger partial charge in [0.15, 0.2) is 0 Å². The van der Waals surface area contributed by atoms with Crippen molar-refractivity contribution in [3.8, 4) is 0 Å². The molecule has 0 amide bonds. The Balaban J connectivity index is 2.89. The summed E-state index contributed by atoms with van der Waals surface area (Å²) < 4.78 is 12.3. The lowest BCUT2D eigenvalue weighted by Crippen LogP contribution is -1.90. The van der Waals surface area contributed by atoms with E-state index in [2.05, 4.69) is 15.0 Å². The number of rotatable bonds is 2. The Morgan fingerprint density at radius 1 is 1.67 bits per heavy atom. The summed E-state index contributed by atoms with van der Waals surface area (Å²) in [5.41, 5.74) is 8.82. The fraction of sp³-hybridized carbons (Fsp3) is 0.286. The molecule has 0 bridgehead atoms. The predicted octanol–water partition coefficient (Wildman–Crippen LogP) is 2.59. The molecule has 0 N–H and O–H groups in total. The van der Waals surface area contributed by atoms with E-state index in [1.807, 2.05) is 0 Å². The molecule has 1 heterocycles. The molecular weight excluding hydrogens is 159 g/mol. The van der Waals surface area contributed by atoms with Crippen LogP contribution in [-0.2, 0) is 0 Å². The lowest BCUT2D eigenvalue weighted by molar-refractivity contribution is 0.580. The summed E-state index contributed by atoms with van der Waals surface area (Å²) in [6, 6.07) is 2.48. The molecule has 12 heavy (non-hydrogen) atoms. The van der Waals surface area contributed by atoms with Crippen molar-refractivity contribution in [1.82, 2.24) is 4.98 Å². The zero-order valence-electron chi connectivity index (χ0n) is 6.48. The second kappa shape index (κ2) is 3.69. The maximum atomic E-state index is 12.3. The number of halogens is 1. The van der Waals surface area contributed by atoms with Crippen molar-refractivity contribution in [2.24, 2.45) is 5.11 Å². The van der Waals surface area contributed by atoms with Crippen molar-refractivity contribution >= 4 is 0 Å². The number of aromatic nitrogens is 1. The van der Waals surface area contributed by atoms with Crippen LogP contribution in [0.5, 0.6) is 0 Å². The first-order chi connectivity index (χ1) is 5.74. The van der Waals surface area contributed by atoms with E-state index < -0.39 is 5.95 Å². The molecular formula is C7H7FN4.